The van der Waals surface area contributed by atoms with Gasteiger partial charge in [0, 0.05) is 95.8 Å². The SMILES string of the molecule is CCCC(=O)c1cc(C(=O)CCC)c2c(c1)N(CCCS(=O)(=O)[O-])C(=CC=CC=CC1=[N+](CCCS(=O)(=O)[O-])c3cccc(C(=O)CCCCC(=O)O)c3C1(C)C)C2(C)C.O=S(=O)=O.O=S(=O)=O. The number of allylic oxidation sites excluding steroid dienone is 6. The van der Waals surface area contributed by atoms with Crippen molar-refractivity contribution in [2.24, 2.45) is 0 Å². The summed E-state index contributed by atoms with van der Waals surface area (Å²) < 4.78 is 122. The molecule has 0 atom stereocenters. The lowest BCUT2D eigenvalue weighted by molar-refractivity contribution is -0.437. The van der Waals surface area contributed by atoms with Crippen molar-refractivity contribution in [1.82, 2.24) is 0 Å². The number of ketones is 3. The van der Waals surface area contributed by atoms with Gasteiger partial charge in [-0.05, 0) is 69.7 Å². The maximum atomic E-state index is 13.6. The van der Waals surface area contributed by atoms with Crippen LogP contribution in [0.4, 0.5) is 11.4 Å². The van der Waals surface area contributed by atoms with Crippen LogP contribution in [-0.2, 0) is 57.1 Å². The lowest BCUT2D eigenvalue weighted by Crippen LogP contribution is -2.29. The molecule has 68 heavy (non-hydrogen) atoms. The molecule has 1 N–H and O–H groups in total. The molecule has 0 aliphatic carbocycles. The molecule has 0 unspecified atom stereocenters. The molecular formula is C45H57N2O17S4-. The summed E-state index contributed by atoms with van der Waals surface area (Å²) in [7, 11) is -15.2. The molecule has 374 valence electrons. The Morgan fingerprint density at radius 1 is 0.691 bits per heavy atom. The minimum absolute atomic E-state index is 0.0119. The molecule has 0 fully saturated rings. The minimum atomic E-state index is -4.51. The second-order valence-electron chi connectivity index (χ2n) is 16.9. The van der Waals surface area contributed by atoms with Gasteiger partial charge in [0.15, 0.2) is 23.1 Å². The number of aliphatic carboxylic acids is 1. The summed E-state index contributed by atoms with van der Waals surface area (Å²) in [5.41, 5.74) is 4.07. The fraction of sp³-hybridized carbons (Fsp3) is 0.489. The van der Waals surface area contributed by atoms with Crippen molar-refractivity contribution in [3.8, 4) is 0 Å². The van der Waals surface area contributed by atoms with Crippen molar-refractivity contribution in [2.75, 3.05) is 29.5 Å². The smallest absolute Gasteiger partial charge is 0.425 e. The molecule has 0 saturated carbocycles. The molecule has 19 nitrogen and oxygen atoms in total. The summed E-state index contributed by atoms with van der Waals surface area (Å²) in [6, 6.07) is 8.76. The molecule has 0 bridgehead atoms. The van der Waals surface area contributed by atoms with Gasteiger partial charge in [0.25, 0.3) is 0 Å². The Labute approximate surface area is 400 Å². The van der Waals surface area contributed by atoms with E-state index in [9.17, 15) is 45.1 Å². The van der Waals surface area contributed by atoms with Crippen LogP contribution in [-0.4, -0.2) is 115 Å². The van der Waals surface area contributed by atoms with E-state index in [1.165, 1.54) is 0 Å². The number of carbonyl (C=O) groups is 4. The molecule has 0 radical (unpaired) electrons. The van der Waals surface area contributed by atoms with Crippen LogP contribution >= 0.6 is 0 Å². The number of carboxylic acids is 1. The zero-order valence-corrected chi connectivity index (χ0v) is 41.9. The summed E-state index contributed by atoms with van der Waals surface area (Å²) in [5, 5.41) is 9.03. The van der Waals surface area contributed by atoms with Gasteiger partial charge in [-0.2, -0.15) is 4.58 Å². The molecule has 4 rings (SSSR count). The number of fused-ring (bicyclic) bond motifs is 2. The average Bonchev–Trinajstić information content (AvgIpc) is 3.55. The molecule has 0 saturated heterocycles. The normalized spacial score (nSPS) is 15.4. The summed E-state index contributed by atoms with van der Waals surface area (Å²) in [6.45, 7) is 12.0. The van der Waals surface area contributed by atoms with E-state index in [0.29, 0.717) is 53.7 Å². The first kappa shape index (κ1) is 58.8. The highest BCUT2D eigenvalue weighted by Gasteiger charge is 2.47. The topological polar surface area (TPSA) is 312 Å². The van der Waals surface area contributed by atoms with Crippen LogP contribution in [0, 0.1) is 0 Å². The molecule has 2 aromatic rings. The van der Waals surface area contributed by atoms with Crippen molar-refractivity contribution in [1.29, 1.82) is 0 Å². The van der Waals surface area contributed by atoms with Gasteiger partial charge in [0.1, 0.15) is 6.54 Å². The third kappa shape index (κ3) is 17.3. The van der Waals surface area contributed by atoms with Crippen LogP contribution in [0.2, 0.25) is 0 Å². The summed E-state index contributed by atoms with van der Waals surface area (Å²) >= 11 is 0. The number of unbranched alkanes of at least 4 members (excludes halogenated alkanes) is 1. The standard InChI is InChI=1S/C45H58N2O11S2.2O3S/c1-7-17-36(48)31-29-33(37(49)18-8-2)43-35(30-31)47(26-16-28-60(56,57)58)40(45(43,5)6)23-11-9-10-22-39-44(3,4)42-32(38(50)21-12-13-24-41(51)52)19-14-20-34(42)46(39)25-15-27-59(53,54)55;2*1-4(2)3/h9-11,14,19-20,22-23,29-30H,7-8,12-13,15-18,21,24-28H2,1-6H3,(H2-,51,52,53,54,55,56,57,58);;/p-1. The molecule has 2 aliphatic rings. The van der Waals surface area contributed by atoms with Gasteiger partial charge in [0.05, 0.1) is 31.2 Å². The first-order valence-corrected chi connectivity index (χ1v) is 26.7. The predicted octanol–water partition coefficient (Wildman–Crippen LogP) is 5.51. The Hall–Kier alpha value is -5.33. The number of hydrogen-bond donors (Lipinski definition) is 1. The molecule has 0 aromatic heterocycles. The quantitative estimate of drug-likeness (QED) is 0.0471. The second-order valence-corrected chi connectivity index (χ2v) is 20.7. The fourth-order valence-corrected chi connectivity index (χ4v) is 9.35. The number of carboxylic acid groups (broad SMARTS) is 1. The average molecular weight is 1030 g/mol. The van der Waals surface area contributed by atoms with Crippen LogP contribution in [0.5, 0.6) is 0 Å². The van der Waals surface area contributed by atoms with E-state index >= 15 is 0 Å². The lowest BCUT2D eigenvalue weighted by Gasteiger charge is -2.27. The van der Waals surface area contributed by atoms with E-state index in [0.717, 1.165) is 22.5 Å². The Kier molecular flexibility index (Phi) is 22.4. The van der Waals surface area contributed by atoms with Gasteiger partial charge in [0.2, 0.25) is 5.69 Å². The van der Waals surface area contributed by atoms with Gasteiger partial charge in [-0.15, -0.1) is 25.3 Å². The van der Waals surface area contributed by atoms with Gasteiger partial charge >= 0.3 is 27.2 Å². The van der Waals surface area contributed by atoms with Crippen LogP contribution in [0.15, 0.2) is 66.4 Å². The maximum Gasteiger partial charge on any atom is 0.425 e. The summed E-state index contributed by atoms with van der Waals surface area (Å²) in [4.78, 5) is 53.3. The Bertz CT molecular complexity index is 2780. The number of hydrogen-bond acceptors (Lipinski definition) is 17. The molecular weight excluding hydrogens is 969 g/mol. The first-order valence-electron chi connectivity index (χ1n) is 21.5. The van der Waals surface area contributed by atoms with Crippen LogP contribution in [0.25, 0.3) is 0 Å². The lowest BCUT2D eigenvalue weighted by atomic mass is 9.77. The highest BCUT2D eigenvalue weighted by molar-refractivity contribution is 7.85. The number of Topliss-reactive ketones (excluding diaryl/α,β-unsaturated/α-hetero) is 3. The maximum absolute atomic E-state index is 13.6. The number of anilines is 1. The van der Waals surface area contributed by atoms with Crippen LogP contribution in [0.1, 0.15) is 148 Å². The van der Waals surface area contributed by atoms with Crippen molar-refractivity contribution >= 4 is 81.9 Å². The Balaban J connectivity index is 0.00000183. The predicted molar refractivity (Wildman–Crippen MR) is 249 cm³/mol. The minimum Gasteiger partial charge on any atom is -0.748 e. The van der Waals surface area contributed by atoms with Crippen molar-refractivity contribution < 1.29 is 80.1 Å². The van der Waals surface area contributed by atoms with Gasteiger partial charge in [-0.1, -0.05) is 58.1 Å². The summed E-state index contributed by atoms with van der Waals surface area (Å²) in [6.07, 6.45) is 11.8. The molecule has 0 spiro atoms. The molecule has 2 heterocycles. The molecule has 23 heteroatoms. The third-order valence-corrected chi connectivity index (χ3v) is 12.6. The Morgan fingerprint density at radius 2 is 1.24 bits per heavy atom. The first-order chi connectivity index (χ1) is 31.5. The molecule has 0 amide bonds. The highest BCUT2D eigenvalue weighted by atomic mass is 32.2. The van der Waals surface area contributed by atoms with E-state index in [-0.39, 0.29) is 69.0 Å². The third-order valence-electron chi connectivity index (χ3n) is 11.1. The number of benzene rings is 2. The van der Waals surface area contributed by atoms with Crippen LogP contribution in [0.3, 0.4) is 0 Å². The van der Waals surface area contributed by atoms with E-state index in [1.807, 2.05) is 69.2 Å². The molecule has 2 aromatic carbocycles. The van der Waals surface area contributed by atoms with Crippen molar-refractivity contribution in [2.45, 2.75) is 117 Å². The monoisotopic (exact) mass is 1030 g/mol. The zero-order valence-electron chi connectivity index (χ0n) is 38.7. The summed E-state index contributed by atoms with van der Waals surface area (Å²) in [5.74, 6) is -2.44. The van der Waals surface area contributed by atoms with E-state index in [4.69, 9.17) is 30.4 Å². The fourth-order valence-electron chi connectivity index (χ4n) is 8.39. The number of rotatable bonds is 23. The second kappa shape index (κ2) is 25.9. The Morgan fingerprint density at radius 3 is 1.79 bits per heavy atom. The molecule has 2 aliphatic heterocycles. The van der Waals surface area contributed by atoms with Crippen molar-refractivity contribution in [3.63, 3.8) is 0 Å². The van der Waals surface area contributed by atoms with Gasteiger partial charge in [-0.3, -0.25) is 19.2 Å². The number of carbonyl (C=O) groups excluding carboxylic acids is 3. The van der Waals surface area contributed by atoms with Gasteiger partial charge in [-0.25, -0.2) is 16.8 Å². The van der Waals surface area contributed by atoms with Crippen LogP contribution < -0.4 is 4.90 Å². The number of nitrogens with zero attached hydrogens (tertiary/aromatic N) is 2. The van der Waals surface area contributed by atoms with Gasteiger partial charge < -0.3 is 19.1 Å². The van der Waals surface area contributed by atoms with E-state index in [2.05, 4.69) is 0 Å². The highest BCUT2D eigenvalue weighted by Crippen LogP contribution is 2.50. The van der Waals surface area contributed by atoms with E-state index < -0.39 is 69.8 Å². The van der Waals surface area contributed by atoms with Crippen molar-refractivity contribution in [3.05, 3.63) is 94.2 Å². The largest absolute Gasteiger partial charge is 0.748 e. The zero-order chi connectivity index (χ0) is 51.8. The van der Waals surface area contributed by atoms with E-state index in [1.54, 1.807) is 42.5 Å².